The van der Waals surface area contributed by atoms with Gasteiger partial charge in [0.25, 0.3) is 0 Å². The molecular formula is C17H23NO4. The topological polar surface area (TPSA) is 64.6 Å². The molecule has 1 N–H and O–H groups in total. The first kappa shape index (κ1) is 16.3. The van der Waals surface area contributed by atoms with Gasteiger partial charge in [-0.2, -0.15) is 0 Å². The molecule has 0 aliphatic carbocycles. The van der Waals surface area contributed by atoms with Crippen LogP contribution in [0.1, 0.15) is 44.0 Å². The summed E-state index contributed by atoms with van der Waals surface area (Å²) in [5.74, 6) is 1.09. The number of amides is 1. The van der Waals surface area contributed by atoms with Crippen molar-refractivity contribution in [2.24, 2.45) is 5.41 Å². The maximum atomic E-state index is 12.2. The van der Waals surface area contributed by atoms with Crippen LogP contribution in [0.4, 0.5) is 0 Å². The molecule has 5 nitrogen and oxygen atoms in total. The highest BCUT2D eigenvalue weighted by Crippen LogP contribution is 2.31. The van der Waals surface area contributed by atoms with E-state index in [4.69, 9.17) is 9.47 Å². The van der Waals surface area contributed by atoms with Crippen molar-refractivity contribution in [1.29, 1.82) is 0 Å². The Balaban J connectivity index is 1.86. The van der Waals surface area contributed by atoms with Gasteiger partial charge in [0.2, 0.25) is 5.91 Å². The van der Waals surface area contributed by atoms with Gasteiger partial charge >= 0.3 is 0 Å². The zero-order valence-corrected chi connectivity index (χ0v) is 13.4. The number of hydrogen-bond acceptors (Lipinski definition) is 4. The Hall–Kier alpha value is -2.04. The minimum absolute atomic E-state index is 0.0372. The lowest BCUT2D eigenvalue weighted by Crippen LogP contribution is -2.32. The summed E-state index contributed by atoms with van der Waals surface area (Å²) in [4.78, 5) is 23.9. The van der Waals surface area contributed by atoms with Crippen molar-refractivity contribution in [3.8, 4) is 11.5 Å². The summed E-state index contributed by atoms with van der Waals surface area (Å²) < 4.78 is 10.9. The summed E-state index contributed by atoms with van der Waals surface area (Å²) >= 11 is 0. The summed E-state index contributed by atoms with van der Waals surface area (Å²) in [7, 11) is 0. The second-order valence-corrected chi connectivity index (χ2v) is 6.62. The van der Waals surface area contributed by atoms with Gasteiger partial charge in [-0.3, -0.25) is 9.59 Å². The Morgan fingerprint density at radius 2 is 1.77 bits per heavy atom. The first-order chi connectivity index (χ1) is 10.3. The van der Waals surface area contributed by atoms with Gasteiger partial charge in [-0.05, 0) is 23.6 Å². The predicted molar refractivity (Wildman–Crippen MR) is 83.5 cm³/mol. The number of nitrogens with one attached hydrogen (secondary N) is 1. The molecule has 0 saturated heterocycles. The molecular weight excluding hydrogens is 282 g/mol. The van der Waals surface area contributed by atoms with Crippen molar-refractivity contribution >= 4 is 11.7 Å². The van der Waals surface area contributed by atoms with E-state index < -0.39 is 0 Å². The maximum Gasteiger partial charge on any atom is 0.220 e. The van der Waals surface area contributed by atoms with E-state index in [0.29, 0.717) is 36.8 Å². The number of rotatable bonds is 5. The molecule has 0 radical (unpaired) electrons. The van der Waals surface area contributed by atoms with Crippen LogP contribution >= 0.6 is 0 Å². The average Bonchev–Trinajstić information content (AvgIpc) is 2.49. The highest BCUT2D eigenvalue weighted by atomic mass is 16.6. The quantitative estimate of drug-likeness (QED) is 0.849. The Bertz CT molecular complexity index is 560. The molecule has 1 aliphatic rings. The standard InChI is InChI=1S/C17H23NO4/c1-17(2,3)11-18-16(20)7-5-13(19)12-4-6-14-15(10-12)22-9-8-21-14/h4,6,10H,5,7-9,11H2,1-3H3,(H,18,20). The van der Waals surface area contributed by atoms with Gasteiger partial charge in [0.15, 0.2) is 17.3 Å². The lowest BCUT2D eigenvalue weighted by molar-refractivity contribution is -0.121. The first-order valence-corrected chi connectivity index (χ1v) is 7.55. The number of fused-ring (bicyclic) bond motifs is 1. The van der Waals surface area contributed by atoms with Gasteiger partial charge in [-0.25, -0.2) is 0 Å². The smallest absolute Gasteiger partial charge is 0.220 e. The van der Waals surface area contributed by atoms with E-state index in [1.807, 2.05) is 20.8 Å². The minimum atomic E-state index is -0.0965. The maximum absolute atomic E-state index is 12.2. The van der Waals surface area contributed by atoms with Crippen molar-refractivity contribution in [1.82, 2.24) is 5.32 Å². The molecule has 1 aromatic carbocycles. The molecule has 1 amide bonds. The van der Waals surface area contributed by atoms with Gasteiger partial charge in [0, 0.05) is 24.9 Å². The van der Waals surface area contributed by atoms with E-state index in [-0.39, 0.29) is 29.9 Å². The molecule has 0 spiro atoms. The van der Waals surface area contributed by atoms with E-state index in [9.17, 15) is 9.59 Å². The summed E-state index contributed by atoms with van der Waals surface area (Å²) in [5.41, 5.74) is 0.586. The van der Waals surface area contributed by atoms with Gasteiger partial charge in [0.05, 0.1) is 0 Å². The monoisotopic (exact) mass is 305 g/mol. The second kappa shape index (κ2) is 6.81. The molecule has 1 aliphatic heterocycles. The van der Waals surface area contributed by atoms with Crippen LogP contribution in [0.3, 0.4) is 0 Å². The Labute approximate surface area is 131 Å². The van der Waals surface area contributed by atoms with Crippen molar-refractivity contribution in [2.45, 2.75) is 33.6 Å². The van der Waals surface area contributed by atoms with Gasteiger partial charge in [0.1, 0.15) is 13.2 Å². The number of ketones is 1. The molecule has 0 saturated carbocycles. The SMILES string of the molecule is CC(C)(C)CNC(=O)CCC(=O)c1ccc2c(c1)OCCO2. The normalized spacial score (nSPS) is 13.6. The predicted octanol–water partition coefficient (Wildman–Crippen LogP) is 2.58. The van der Waals surface area contributed by atoms with E-state index in [0.717, 1.165) is 0 Å². The average molecular weight is 305 g/mol. The highest BCUT2D eigenvalue weighted by Gasteiger charge is 2.16. The van der Waals surface area contributed by atoms with Crippen molar-refractivity contribution < 1.29 is 19.1 Å². The largest absolute Gasteiger partial charge is 0.486 e. The zero-order chi connectivity index (χ0) is 16.2. The van der Waals surface area contributed by atoms with Crippen molar-refractivity contribution in [3.63, 3.8) is 0 Å². The summed E-state index contributed by atoms with van der Waals surface area (Å²) in [6, 6.07) is 5.13. The molecule has 0 unspecified atom stereocenters. The number of carbonyl (C=O) groups excluding carboxylic acids is 2. The Morgan fingerprint density at radius 1 is 1.09 bits per heavy atom. The van der Waals surface area contributed by atoms with Crippen LogP contribution in [0.5, 0.6) is 11.5 Å². The first-order valence-electron chi connectivity index (χ1n) is 7.55. The van der Waals surface area contributed by atoms with Gasteiger partial charge in [-0.1, -0.05) is 20.8 Å². The zero-order valence-electron chi connectivity index (χ0n) is 13.4. The Morgan fingerprint density at radius 3 is 2.45 bits per heavy atom. The van der Waals surface area contributed by atoms with Crippen LogP contribution in [-0.4, -0.2) is 31.4 Å². The number of hydrogen-bond donors (Lipinski definition) is 1. The van der Waals surface area contributed by atoms with Crippen molar-refractivity contribution in [2.75, 3.05) is 19.8 Å². The van der Waals surface area contributed by atoms with Gasteiger partial charge in [-0.15, -0.1) is 0 Å². The molecule has 0 bridgehead atoms. The third kappa shape index (κ3) is 4.76. The fraction of sp³-hybridized carbons (Fsp3) is 0.529. The third-order valence-electron chi connectivity index (χ3n) is 3.26. The van der Waals surface area contributed by atoms with Gasteiger partial charge < -0.3 is 14.8 Å². The van der Waals surface area contributed by atoms with E-state index in [1.165, 1.54) is 0 Å². The second-order valence-electron chi connectivity index (χ2n) is 6.62. The van der Waals surface area contributed by atoms with Crippen LogP contribution in [0.25, 0.3) is 0 Å². The molecule has 5 heteroatoms. The molecule has 0 atom stereocenters. The van der Waals surface area contributed by atoms with Crippen LogP contribution in [-0.2, 0) is 4.79 Å². The lowest BCUT2D eigenvalue weighted by atomic mass is 9.97. The molecule has 0 fully saturated rings. The third-order valence-corrected chi connectivity index (χ3v) is 3.26. The Kier molecular flexibility index (Phi) is 5.06. The van der Waals surface area contributed by atoms with Crippen LogP contribution in [0.15, 0.2) is 18.2 Å². The highest BCUT2D eigenvalue weighted by molar-refractivity contribution is 5.98. The van der Waals surface area contributed by atoms with Crippen LogP contribution in [0, 0.1) is 5.41 Å². The number of carbonyl (C=O) groups is 2. The van der Waals surface area contributed by atoms with Crippen molar-refractivity contribution in [3.05, 3.63) is 23.8 Å². The lowest BCUT2D eigenvalue weighted by Gasteiger charge is -2.19. The summed E-state index contributed by atoms with van der Waals surface area (Å²) in [6.45, 7) is 7.76. The molecule has 120 valence electrons. The molecule has 1 aromatic rings. The van der Waals surface area contributed by atoms with Crippen LogP contribution in [0.2, 0.25) is 0 Å². The summed E-state index contributed by atoms with van der Waals surface area (Å²) in [5, 5.41) is 2.84. The molecule has 0 aromatic heterocycles. The molecule has 1 heterocycles. The fourth-order valence-corrected chi connectivity index (χ4v) is 2.04. The van der Waals surface area contributed by atoms with E-state index >= 15 is 0 Å². The van der Waals surface area contributed by atoms with Crippen LogP contribution < -0.4 is 14.8 Å². The number of Topliss-reactive ketones (excluding diaryl/α,β-unsaturated/α-hetero) is 1. The number of ether oxygens (including phenoxy) is 2. The molecule has 22 heavy (non-hydrogen) atoms. The molecule has 2 rings (SSSR count). The van der Waals surface area contributed by atoms with E-state index in [1.54, 1.807) is 18.2 Å². The summed E-state index contributed by atoms with van der Waals surface area (Å²) in [6.07, 6.45) is 0.388. The fourth-order valence-electron chi connectivity index (χ4n) is 2.04. The van der Waals surface area contributed by atoms with E-state index in [2.05, 4.69) is 5.32 Å². The minimum Gasteiger partial charge on any atom is -0.486 e. The number of benzene rings is 1.